The van der Waals surface area contributed by atoms with Crippen LogP contribution in [0.15, 0.2) is 36.4 Å². The normalized spacial score (nSPS) is 10.2. The predicted octanol–water partition coefficient (Wildman–Crippen LogP) is 2.16. The Bertz CT molecular complexity index is 643. The van der Waals surface area contributed by atoms with Crippen LogP contribution in [0.4, 0.5) is 0 Å². The van der Waals surface area contributed by atoms with Crippen LogP contribution in [0.3, 0.4) is 0 Å². The molecule has 0 aliphatic rings. The molecular weight excluding hydrogens is 264 g/mol. The predicted molar refractivity (Wildman–Crippen MR) is 69.1 cm³/mol. The van der Waals surface area contributed by atoms with Gasteiger partial charge in [-0.15, -0.1) is 0 Å². The highest BCUT2D eigenvalue weighted by atomic mass is 16.4. The summed E-state index contributed by atoms with van der Waals surface area (Å²) in [5.74, 6) is -2.90. The molecule has 0 unspecified atom stereocenters. The standard InChI is InChI=1S/C14H10O6/c15-11-3-1-7(13(17)18)5-9(11)10-6-8(14(19)20)2-4-12(10)16/h1-6,15-16H,(H,17,18)(H,19,20). The van der Waals surface area contributed by atoms with Gasteiger partial charge in [-0.1, -0.05) is 0 Å². The maximum atomic E-state index is 10.9. The molecule has 2 rings (SSSR count). The molecule has 0 bridgehead atoms. The van der Waals surface area contributed by atoms with Gasteiger partial charge in [0, 0.05) is 11.1 Å². The van der Waals surface area contributed by atoms with Gasteiger partial charge in [0.15, 0.2) is 0 Å². The number of phenolic OH excluding ortho intramolecular Hbond substituents is 2. The Balaban J connectivity index is 2.67. The van der Waals surface area contributed by atoms with Crippen LogP contribution in [-0.4, -0.2) is 32.4 Å². The summed E-state index contributed by atoms with van der Waals surface area (Å²) in [6, 6.07) is 7.09. The van der Waals surface area contributed by atoms with Gasteiger partial charge in [0.05, 0.1) is 11.1 Å². The molecule has 4 N–H and O–H groups in total. The molecule has 0 fully saturated rings. The second kappa shape index (κ2) is 4.93. The first kappa shape index (κ1) is 13.4. The Hall–Kier alpha value is -3.02. The van der Waals surface area contributed by atoms with E-state index in [-0.39, 0.29) is 33.8 Å². The second-order valence-corrected chi connectivity index (χ2v) is 4.07. The monoisotopic (exact) mass is 274 g/mol. The van der Waals surface area contributed by atoms with Crippen molar-refractivity contribution in [3.63, 3.8) is 0 Å². The van der Waals surface area contributed by atoms with Gasteiger partial charge in [0.2, 0.25) is 0 Å². The highest BCUT2D eigenvalue weighted by Crippen LogP contribution is 2.36. The molecule has 0 aromatic heterocycles. The fraction of sp³-hybridized carbons (Fsp3) is 0. The third-order valence-electron chi connectivity index (χ3n) is 2.78. The van der Waals surface area contributed by atoms with Crippen molar-refractivity contribution < 1.29 is 30.0 Å². The van der Waals surface area contributed by atoms with E-state index in [0.717, 1.165) is 0 Å². The molecule has 0 atom stereocenters. The maximum absolute atomic E-state index is 10.9. The molecule has 0 aliphatic carbocycles. The molecule has 0 radical (unpaired) electrons. The average Bonchev–Trinajstić information content (AvgIpc) is 2.39. The lowest BCUT2D eigenvalue weighted by atomic mass is 9.99. The molecule has 0 spiro atoms. The van der Waals surface area contributed by atoms with E-state index in [4.69, 9.17) is 10.2 Å². The van der Waals surface area contributed by atoms with E-state index in [2.05, 4.69) is 0 Å². The van der Waals surface area contributed by atoms with Crippen molar-refractivity contribution in [3.05, 3.63) is 47.5 Å². The minimum absolute atomic E-state index is 0.0468. The van der Waals surface area contributed by atoms with Crippen LogP contribution in [0.25, 0.3) is 11.1 Å². The number of hydrogen-bond donors (Lipinski definition) is 4. The minimum Gasteiger partial charge on any atom is -0.507 e. The number of carboxylic acids is 2. The van der Waals surface area contributed by atoms with Crippen LogP contribution in [-0.2, 0) is 0 Å². The lowest BCUT2D eigenvalue weighted by molar-refractivity contribution is 0.0686. The Kier molecular flexibility index (Phi) is 3.30. The van der Waals surface area contributed by atoms with E-state index in [1.807, 2.05) is 0 Å². The van der Waals surface area contributed by atoms with Crippen LogP contribution in [0.5, 0.6) is 11.5 Å². The molecule has 20 heavy (non-hydrogen) atoms. The smallest absolute Gasteiger partial charge is 0.335 e. The Morgan fingerprint density at radius 3 is 1.35 bits per heavy atom. The highest BCUT2D eigenvalue weighted by Gasteiger charge is 2.15. The summed E-state index contributed by atoms with van der Waals surface area (Å²) in [5.41, 5.74) is -0.0770. The first-order valence-corrected chi connectivity index (χ1v) is 5.53. The van der Waals surface area contributed by atoms with E-state index in [1.165, 1.54) is 36.4 Å². The zero-order valence-electron chi connectivity index (χ0n) is 10.1. The number of benzene rings is 2. The van der Waals surface area contributed by atoms with Crippen molar-refractivity contribution >= 4 is 11.9 Å². The Morgan fingerprint density at radius 2 is 1.05 bits per heavy atom. The quantitative estimate of drug-likeness (QED) is 0.681. The molecule has 0 heterocycles. The van der Waals surface area contributed by atoms with Crippen molar-refractivity contribution in [2.24, 2.45) is 0 Å². The lowest BCUT2D eigenvalue weighted by Gasteiger charge is -2.09. The summed E-state index contributed by atoms with van der Waals surface area (Å²) < 4.78 is 0. The highest BCUT2D eigenvalue weighted by molar-refractivity contribution is 5.93. The molecule has 0 saturated carbocycles. The van der Waals surface area contributed by atoms with E-state index < -0.39 is 11.9 Å². The van der Waals surface area contributed by atoms with Crippen molar-refractivity contribution in [2.75, 3.05) is 0 Å². The largest absolute Gasteiger partial charge is 0.507 e. The summed E-state index contributed by atoms with van der Waals surface area (Å²) in [4.78, 5) is 21.8. The Morgan fingerprint density at radius 1 is 0.700 bits per heavy atom. The molecular formula is C14H10O6. The van der Waals surface area contributed by atoms with Gasteiger partial charge in [-0.25, -0.2) is 9.59 Å². The van der Waals surface area contributed by atoms with Gasteiger partial charge in [0.25, 0.3) is 0 Å². The van der Waals surface area contributed by atoms with E-state index in [1.54, 1.807) is 0 Å². The number of hydrogen-bond acceptors (Lipinski definition) is 4. The number of aromatic carboxylic acids is 2. The van der Waals surface area contributed by atoms with Gasteiger partial charge in [0.1, 0.15) is 11.5 Å². The maximum Gasteiger partial charge on any atom is 0.335 e. The topological polar surface area (TPSA) is 115 Å². The summed E-state index contributed by atoms with van der Waals surface area (Å²) in [7, 11) is 0. The average molecular weight is 274 g/mol. The van der Waals surface area contributed by atoms with Crippen LogP contribution in [0, 0.1) is 0 Å². The van der Waals surface area contributed by atoms with Gasteiger partial charge >= 0.3 is 11.9 Å². The summed E-state index contributed by atoms with van der Waals surface area (Å²) in [6.07, 6.45) is 0. The van der Waals surface area contributed by atoms with Crippen molar-refractivity contribution in [1.82, 2.24) is 0 Å². The number of carbonyl (C=O) groups is 2. The van der Waals surface area contributed by atoms with Crippen LogP contribution in [0.1, 0.15) is 20.7 Å². The van der Waals surface area contributed by atoms with Crippen molar-refractivity contribution in [1.29, 1.82) is 0 Å². The zero-order valence-corrected chi connectivity index (χ0v) is 10.1. The van der Waals surface area contributed by atoms with Crippen molar-refractivity contribution in [3.8, 4) is 22.6 Å². The first-order chi connectivity index (χ1) is 9.40. The van der Waals surface area contributed by atoms with Crippen LogP contribution >= 0.6 is 0 Å². The van der Waals surface area contributed by atoms with Gasteiger partial charge in [-0.3, -0.25) is 0 Å². The lowest BCUT2D eigenvalue weighted by Crippen LogP contribution is -1.98. The number of aromatic hydroxyl groups is 2. The Labute approximate surface area is 113 Å². The van der Waals surface area contributed by atoms with E-state index in [9.17, 15) is 19.8 Å². The molecule has 6 nitrogen and oxygen atoms in total. The van der Waals surface area contributed by atoms with Gasteiger partial charge < -0.3 is 20.4 Å². The third-order valence-corrected chi connectivity index (χ3v) is 2.78. The molecule has 0 aliphatic heterocycles. The van der Waals surface area contributed by atoms with Crippen LogP contribution < -0.4 is 0 Å². The summed E-state index contributed by atoms with van der Waals surface area (Å²) in [5, 5.41) is 37.4. The molecule has 102 valence electrons. The first-order valence-electron chi connectivity index (χ1n) is 5.53. The fourth-order valence-electron chi connectivity index (χ4n) is 1.77. The third kappa shape index (κ3) is 2.39. The molecule has 6 heteroatoms. The van der Waals surface area contributed by atoms with E-state index in [0.29, 0.717) is 0 Å². The molecule has 2 aromatic rings. The van der Waals surface area contributed by atoms with Crippen molar-refractivity contribution in [2.45, 2.75) is 0 Å². The zero-order chi connectivity index (χ0) is 14.9. The number of carboxylic acid groups (broad SMARTS) is 2. The van der Waals surface area contributed by atoms with Gasteiger partial charge in [-0.2, -0.15) is 0 Å². The molecule has 0 saturated heterocycles. The van der Waals surface area contributed by atoms with Gasteiger partial charge in [-0.05, 0) is 36.4 Å². The van der Waals surface area contributed by atoms with Crippen LogP contribution in [0.2, 0.25) is 0 Å². The fourth-order valence-corrected chi connectivity index (χ4v) is 1.77. The SMILES string of the molecule is O=C(O)c1ccc(O)c(-c2cc(C(=O)O)ccc2O)c1. The molecule has 0 amide bonds. The minimum atomic E-state index is -1.19. The summed E-state index contributed by atoms with van der Waals surface area (Å²) >= 11 is 0. The summed E-state index contributed by atoms with van der Waals surface area (Å²) in [6.45, 7) is 0. The van der Waals surface area contributed by atoms with E-state index >= 15 is 0 Å². The number of phenols is 2. The number of rotatable bonds is 3. The molecule has 2 aromatic carbocycles. The second-order valence-electron chi connectivity index (χ2n) is 4.07.